The molecule has 5 nitrogen and oxygen atoms in total. The van der Waals surface area contributed by atoms with Gasteiger partial charge in [-0.2, -0.15) is 0 Å². The maximum absolute atomic E-state index is 11.4. The molecule has 1 rings (SSSR count). The van der Waals surface area contributed by atoms with Crippen molar-refractivity contribution in [1.29, 1.82) is 0 Å². The van der Waals surface area contributed by atoms with Crippen molar-refractivity contribution in [3.63, 3.8) is 0 Å². The predicted octanol–water partition coefficient (Wildman–Crippen LogP) is 0.339. The quantitative estimate of drug-likeness (QED) is 0.720. The number of carbonyl (C=O) groups is 1. The van der Waals surface area contributed by atoms with Gasteiger partial charge in [0.05, 0.1) is 17.7 Å². The Morgan fingerprint density at radius 2 is 2.00 bits per heavy atom. The van der Waals surface area contributed by atoms with Crippen molar-refractivity contribution in [3.05, 3.63) is 0 Å². The van der Waals surface area contributed by atoms with E-state index in [1.807, 2.05) is 6.92 Å². The Bertz CT molecular complexity index is 275. The first-order chi connectivity index (χ1) is 8.37. The van der Waals surface area contributed by atoms with Gasteiger partial charge in [0.25, 0.3) is 0 Å². The predicted molar refractivity (Wildman–Crippen MR) is 72.3 cm³/mol. The number of nitrogens with two attached hydrogens (primary N) is 1. The first-order valence-electron chi connectivity index (χ1n) is 6.74. The van der Waals surface area contributed by atoms with Gasteiger partial charge in [-0.05, 0) is 47.2 Å². The van der Waals surface area contributed by atoms with Crippen LogP contribution in [0.5, 0.6) is 0 Å². The van der Waals surface area contributed by atoms with Crippen LogP contribution in [0.4, 0.5) is 0 Å². The zero-order valence-corrected chi connectivity index (χ0v) is 12.0. The molecule has 106 valence electrons. The van der Waals surface area contributed by atoms with Crippen molar-refractivity contribution < 1.29 is 9.53 Å². The summed E-state index contributed by atoms with van der Waals surface area (Å²) in [5, 5.41) is 3.02. The number of nitrogens with one attached hydrogen (secondary N) is 1. The van der Waals surface area contributed by atoms with Crippen LogP contribution in [0, 0.1) is 0 Å². The molecule has 3 atom stereocenters. The van der Waals surface area contributed by atoms with E-state index in [1.165, 1.54) is 0 Å². The van der Waals surface area contributed by atoms with Crippen LogP contribution in [0.3, 0.4) is 0 Å². The summed E-state index contributed by atoms with van der Waals surface area (Å²) in [5.74, 6) is -0.284. The number of rotatable bonds is 6. The third-order valence-corrected chi connectivity index (χ3v) is 3.74. The van der Waals surface area contributed by atoms with E-state index in [9.17, 15) is 4.79 Å². The van der Waals surface area contributed by atoms with E-state index in [2.05, 4.69) is 24.1 Å². The Morgan fingerprint density at radius 1 is 1.44 bits per heavy atom. The summed E-state index contributed by atoms with van der Waals surface area (Å²) < 4.78 is 5.69. The summed E-state index contributed by atoms with van der Waals surface area (Å²) in [5.41, 5.74) is 4.82. The molecule has 0 aromatic carbocycles. The largest absolute Gasteiger partial charge is 0.373 e. The highest BCUT2D eigenvalue weighted by molar-refractivity contribution is 5.84. The number of ether oxygens (including phenoxy) is 1. The number of hydrogen-bond donors (Lipinski definition) is 2. The third-order valence-electron chi connectivity index (χ3n) is 3.74. The van der Waals surface area contributed by atoms with Gasteiger partial charge in [-0.3, -0.25) is 9.69 Å². The van der Waals surface area contributed by atoms with Crippen LogP contribution < -0.4 is 11.1 Å². The molecule has 5 heteroatoms. The number of carbonyl (C=O) groups excluding carboxylic acids is 1. The number of hydrogen-bond acceptors (Lipinski definition) is 4. The van der Waals surface area contributed by atoms with Gasteiger partial charge >= 0.3 is 0 Å². The molecule has 0 aliphatic carbocycles. The van der Waals surface area contributed by atoms with Gasteiger partial charge in [0.15, 0.2) is 0 Å². The van der Waals surface area contributed by atoms with Gasteiger partial charge in [0, 0.05) is 13.1 Å². The van der Waals surface area contributed by atoms with E-state index in [4.69, 9.17) is 10.5 Å². The van der Waals surface area contributed by atoms with Crippen LogP contribution in [-0.4, -0.2) is 55.2 Å². The highest BCUT2D eigenvalue weighted by Gasteiger charge is 2.29. The first-order valence-corrected chi connectivity index (χ1v) is 6.74. The van der Waals surface area contributed by atoms with Crippen molar-refractivity contribution in [2.75, 3.05) is 26.7 Å². The van der Waals surface area contributed by atoms with Crippen LogP contribution in [-0.2, 0) is 9.53 Å². The number of morpholine rings is 1. The fraction of sp³-hybridized carbons (Fsp3) is 0.923. The number of amides is 1. The zero-order chi connectivity index (χ0) is 13.8. The summed E-state index contributed by atoms with van der Waals surface area (Å²) in [7, 11) is 1.78. The second kappa shape index (κ2) is 6.50. The van der Waals surface area contributed by atoms with E-state index in [0.717, 1.165) is 32.5 Å². The lowest BCUT2D eigenvalue weighted by Crippen LogP contribution is -2.52. The maximum atomic E-state index is 11.4. The summed E-state index contributed by atoms with van der Waals surface area (Å²) >= 11 is 0. The molecule has 18 heavy (non-hydrogen) atoms. The molecule has 1 amide bonds. The average Bonchev–Trinajstić information content (AvgIpc) is 2.27. The van der Waals surface area contributed by atoms with E-state index in [1.54, 1.807) is 7.05 Å². The topological polar surface area (TPSA) is 67.6 Å². The molecular formula is C13H27N3O2. The highest BCUT2D eigenvalue weighted by atomic mass is 16.5. The molecule has 3 N–H and O–H groups in total. The lowest BCUT2D eigenvalue weighted by molar-refractivity contribution is -0.124. The van der Waals surface area contributed by atoms with Crippen LogP contribution >= 0.6 is 0 Å². The van der Waals surface area contributed by atoms with Crippen LogP contribution in [0.1, 0.15) is 33.6 Å². The van der Waals surface area contributed by atoms with Crippen LogP contribution in [0.25, 0.3) is 0 Å². The molecule has 1 saturated heterocycles. The summed E-state index contributed by atoms with van der Waals surface area (Å²) in [6.45, 7) is 8.99. The van der Waals surface area contributed by atoms with E-state index < -0.39 is 5.54 Å². The van der Waals surface area contributed by atoms with Crippen molar-refractivity contribution >= 4 is 5.91 Å². The standard InChI is InChI=1S/C13H27N3O2/c1-10-8-16(9-11(2)18-10)7-5-6-13(3,15-4)12(14)17/h10-11,15H,5-9H2,1-4H3,(H2,14,17)/t10-,11+,13?. The highest BCUT2D eigenvalue weighted by Crippen LogP contribution is 2.15. The SMILES string of the molecule is CNC(C)(CCCN1C[C@@H](C)O[C@@H](C)C1)C(N)=O. The fourth-order valence-electron chi connectivity index (χ4n) is 2.49. The van der Waals surface area contributed by atoms with Crippen LogP contribution in [0.2, 0.25) is 0 Å². The molecule has 1 aliphatic rings. The van der Waals surface area contributed by atoms with Crippen molar-refractivity contribution in [1.82, 2.24) is 10.2 Å². The maximum Gasteiger partial charge on any atom is 0.237 e. The minimum Gasteiger partial charge on any atom is -0.373 e. The molecule has 0 spiro atoms. The molecule has 1 fully saturated rings. The zero-order valence-electron chi connectivity index (χ0n) is 12.0. The molecule has 1 heterocycles. The van der Waals surface area contributed by atoms with Gasteiger partial charge in [-0.1, -0.05) is 0 Å². The lowest BCUT2D eigenvalue weighted by Gasteiger charge is -2.36. The summed E-state index contributed by atoms with van der Waals surface area (Å²) in [6.07, 6.45) is 2.31. The Balaban J connectivity index is 2.35. The normalized spacial score (nSPS) is 28.9. The Hall–Kier alpha value is -0.650. The van der Waals surface area contributed by atoms with Crippen molar-refractivity contribution in [2.45, 2.75) is 51.4 Å². The molecule has 0 bridgehead atoms. The van der Waals surface area contributed by atoms with E-state index in [0.29, 0.717) is 12.2 Å². The molecule has 0 aromatic heterocycles. The van der Waals surface area contributed by atoms with Crippen LogP contribution in [0.15, 0.2) is 0 Å². The Morgan fingerprint density at radius 3 is 2.44 bits per heavy atom. The number of nitrogens with zero attached hydrogens (tertiary/aromatic N) is 1. The lowest BCUT2D eigenvalue weighted by atomic mass is 9.95. The molecule has 1 aliphatic heterocycles. The van der Waals surface area contributed by atoms with Gasteiger partial charge < -0.3 is 15.8 Å². The van der Waals surface area contributed by atoms with E-state index in [-0.39, 0.29) is 5.91 Å². The van der Waals surface area contributed by atoms with Crippen molar-refractivity contribution in [2.24, 2.45) is 5.73 Å². The third kappa shape index (κ3) is 4.23. The first kappa shape index (κ1) is 15.4. The van der Waals surface area contributed by atoms with Gasteiger partial charge in [0.2, 0.25) is 5.91 Å². The average molecular weight is 257 g/mol. The minimum atomic E-state index is -0.594. The molecule has 0 radical (unpaired) electrons. The Labute approximate surface area is 110 Å². The van der Waals surface area contributed by atoms with Gasteiger partial charge in [0.1, 0.15) is 0 Å². The number of likely N-dealkylation sites (N-methyl/N-ethyl adjacent to an activating group) is 1. The second-order valence-electron chi connectivity index (χ2n) is 5.57. The van der Waals surface area contributed by atoms with Gasteiger partial charge in [-0.25, -0.2) is 0 Å². The summed E-state index contributed by atoms with van der Waals surface area (Å²) in [4.78, 5) is 13.8. The molecule has 1 unspecified atom stereocenters. The smallest absolute Gasteiger partial charge is 0.237 e. The molecule has 0 aromatic rings. The fourth-order valence-corrected chi connectivity index (χ4v) is 2.49. The van der Waals surface area contributed by atoms with E-state index >= 15 is 0 Å². The Kier molecular flexibility index (Phi) is 5.56. The monoisotopic (exact) mass is 257 g/mol. The number of primary amides is 1. The molecular weight excluding hydrogens is 230 g/mol. The summed E-state index contributed by atoms with van der Waals surface area (Å²) in [6, 6.07) is 0. The second-order valence-corrected chi connectivity index (χ2v) is 5.57. The van der Waals surface area contributed by atoms with Gasteiger partial charge in [-0.15, -0.1) is 0 Å². The molecule has 0 saturated carbocycles. The minimum absolute atomic E-state index is 0.284. The van der Waals surface area contributed by atoms with Crippen molar-refractivity contribution in [3.8, 4) is 0 Å².